The summed E-state index contributed by atoms with van der Waals surface area (Å²) in [7, 11) is 3.99. The normalized spacial score (nSPS) is 13.7. The van der Waals surface area contributed by atoms with Gasteiger partial charge in [-0.2, -0.15) is 0 Å². The number of hydrogen-bond donors (Lipinski definition) is 0. The maximum absolute atomic E-state index is 12.1. The van der Waals surface area contributed by atoms with Crippen molar-refractivity contribution in [1.82, 2.24) is 4.90 Å². The van der Waals surface area contributed by atoms with E-state index in [1.807, 2.05) is 38.4 Å². The van der Waals surface area contributed by atoms with Crippen molar-refractivity contribution in [3.05, 3.63) is 36.5 Å². The van der Waals surface area contributed by atoms with E-state index in [1.54, 1.807) is 12.3 Å². The topological polar surface area (TPSA) is 42.0 Å². The number of anilines is 1. The highest BCUT2D eigenvalue weighted by atomic mass is 16.6. The Morgan fingerprint density at radius 2 is 2.20 bits per heavy atom. The summed E-state index contributed by atoms with van der Waals surface area (Å²) < 4.78 is 10.8. The zero-order valence-corrected chi connectivity index (χ0v) is 11.9. The zero-order chi connectivity index (χ0) is 14.4. The average Bonchev–Trinajstić information content (AvgIpc) is 2.65. The standard InChI is InChI=1S/C15H20N2O3/c1-16(2)9-5-12-20-15(18)17-10-6-11-19-14-8-4-3-7-13(14)17/h3-4,6-8,10H,5,9,11-12H2,1-2H3. The van der Waals surface area contributed by atoms with Gasteiger partial charge in [0.15, 0.2) is 0 Å². The van der Waals surface area contributed by atoms with Gasteiger partial charge in [-0.1, -0.05) is 12.1 Å². The molecule has 0 spiro atoms. The molecule has 1 heterocycles. The van der Waals surface area contributed by atoms with Crippen molar-refractivity contribution in [2.75, 3.05) is 38.8 Å². The smallest absolute Gasteiger partial charge is 0.418 e. The third-order valence-electron chi connectivity index (χ3n) is 2.89. The maximum Gasteiger partial charge on any atom is 0.418 e. The number of ether oxygens (including phenoxy) is 2. The summed E-state index contributed by atoms with van der Waals surface area (Å²) in [5.41, 5.74) is 0.707. The van der Waals surface area contributed by atoms with Crippen LogP contribution in [0.15, 0.2) is 36.5 Å². The average molecular weight is 276 g/mol. The van der Waals surface area contributed by atoms with Crippen LogP contribution in [-0.4, -0.2) is 44.8 Å². The van der Waals surface area contributed by atoms with E-state index in [2.05, 4.69) is 4.90 Å². The Hall–Kier alpha value is -2.01. The van der Waals surface area contributed by atoms with E-state index in [-0.39, 0.29) is 6.09 Å². The van der Waals surface area contributed by atoms with Gasteiger partial charge < -0.3 is 14.4 Å². The molecule has 0 radical (unpaired) electrons. The number of benzene rings is 1. The van der Waals surface area contributed by atoms with Crippen LogP contribution in [0, 0.1) is 0 Å². The number of carbonyl (C=O) groups excluding carboxylic acids is 1. The highest BCUT2D eigenvalue weighted by Gasteiger charge is 2.20. The molecule has 0 saturated heterocycles. The molecule has 2 rings (SSSR count). The van der Waals surface area contributed by atoms with Crippen LogP contribution in [-0.2, 0) is 4.74 Å². The van der Waals surface area contributed by atoms with E-state index in [9.17, 15) is 4.79 Å². The number of rotatable bonds is 4. The quantitative estimate of drug-likeness (QED) is 0.792. The lowest BCUT2D eigenvalue weighted by molar-refractivity contribution is 0.151. The molecule has 1 aromatic rings. The van der Waals surface area contributed by atoms with Crippen molar-refractivity contribution in [2.24, 2.45) is 0 Å². The van der Waals surface area contributed by atoms with Gasteiger partial charge in [0.1, 0.15) is 12.4 Å². The van der Waals surface area contributed by atoms with Crippen molar-refractivity contribution in [2.45, 2.75) is 6.42 Å². The van der Waals surface area contributed by atoms with Gasteiger partial charge in [-0.15, -0.1) is 0 Å². The van der Waals surface area contributed by atoms with Crippen LogP contribution in [0.3, 0.4) is 0 Å². The molecular weight excluding hydrogens is 256 g/mol. The van der Waals surface area contributed by atoms with Crippen LogP contribution in [0.4, 0.5) is 10.5 Å². The molecule has 0 atom stereocenters. The fraction of sp³-hybridized carbons (Fsp3) is 0.400. The molecule has 1 aliphatic rings. The van der Waals surface area contributed by atoms with E-state index in [0.29, 0.717) is 24.7 Å². The van der Waals surface area contributed by atoms with E-state index in [0.717, 1.165) is 13.0 Å². The molecule has 5 heteroatoms. The minimum absolute atomic E-state index is 0.377. The van der Waals surface area contributed by atoms with Crippen molar-refractivity contribution < 1.29 is 14.3 Å². The fourth-order valence-electron chi connectivity index (χ4n) is 1.91. The molecule has 1 aromatic carbocycles. The van der Waals surface area contributed by atoms with Gasteiger partial charge in [-0.25, -0.2) is 9.69 Å². The predicted octanol–water partition coefficient (Wildman–Crippen LogP) is 2.49. The van der Waals surface area contributed by atoms with Crippen molar-refractivity contribution in [3.63, 3.8) is 0 Å². The summed E-state index contributed by atoms with van der Waals surface area (Å²) in [5, 5.41) is 0. The largest absolute Gasteiger partial charge is 0.487 e. The van der Waals surface area contributed by atoms with E-state index in [1.165, 1.54) is 4.90 Å². The zero-order valence-electron chi connectivity index (χ0n) is 11.9. The number of para-hydroxylation sites is 2. The highest BCUT2D eigenvalue weighted by Crippen LogP contribution is 2.30. The van der Waals surface area contributed by atoms with E-state index in [4.69, 9.17) is 9.47 Å². The minimum Gasteiger partial charge on any atom is -0.487 e. The van der Waals surface area contributed by atoms with Crippen LogP contribution in [0.2, 0.25) is 0 Å². The second-order valence-electron chi connectivity index (χ2n) is 4.80. The molecule has 1 amide bonds. The first-order valence-electron chi connectivity index (χ1n) is 6.67. The summed E-state index contributed by atoms with van der Waals surface area (Å²) in [4.78, 5) is 15.7. The lowest BCUT2D eigenvalue weighted by atomic mass is 10.3. The van der Waals surface area contributed by atoms with Gasteiger partial charge in [0, 0.05) is 12.7 Å². The Kier molecular flexibility index (Phi) is 5.01. The third-order valence-corrected chi connectivity index (χ3v) is 2.89. The second-order valence-corrected chi connectivity index (χ2v) is 4.80. The highest BCUT2D eigenvalue weighted by molar-refractivity contribution is 5.91. The number of hydrogen-bond acceptors (Lipinski definition) is 4. The van der Waals surface area contributed by atoms with Crippen molar-refractivity contribution >= 4 is 11.8 Å². The van der Waals surface area contributed by atoms with E-state index >= 15 is 0 Å². The van der Waals surface area contributed by atoms with Crippen LogP contribution in [0.1, 0.15) is 6.42 Å². The Labute approximate surface area is 119 Å². The molecule has 0 unspecified atom stereocenters. The van der Waals surface area contributed by atoms with Gasteiger partial charge in [0.25, 0.3) is 0 Å². The van der Waals surface area contributed by atoms with Crippen LogP contribution < -0.4 is 9.64 Å². The van der Waals surface area contributed by atoms with Crippen molar-refractivity contribution in [1.29, 1.82) is 0 Å². The van der Waals surface area contributed by atoms with Crippen LogP contribution >= 0.6 is 0 Å². The Balaban J connectivity index is 1.98. The lowest BCUT2D eigenvalue weighted by Crippen LogP contribution is -2.27. The molecule has 0 N–H and O–H groups in total. The Morgan fingerprint density at radius 3 is 3.00 bits per heavy atom. The summed E-state index contributed by atoms with van der Waals surface area (Å²) in [6.45, 7) is 1.74. The van der Waals surface area contributed by atoms with Gasteiger partial charge in [-0.3, -0.25) is 0 Å². The Morgan fingerprint density at radius 1 is 1.40 bits per heavy atom. The van der Waals surface area contributed by atoms with Crippen LogP contribution in [0.25, 0.3) is 0 Å². The van der Waals surface area contributed by atoms with E-state index < -0.39 is 0 Å². The predicted molar refractivity (Wildman–Crippen MR) is 78.1 cm³/mol. The van der Waals surface area contributed by atoms with Gasteiger partial charge in [0.2, 0.25) is 0 Å². The monoisotopic (exact) mass is 276 g/mol. The van der Waals surface area contributed by atoms with Crippen LogP contribution in [0.5, 0.6) is 5.75 Å². The van der Waals surface area contributed by atoms with Gasteiger partial charge in [0.05, 0.1) is 12.3 Å². The van der Waals surface area contributed by atoms with Gasteiger partial charge >= 0.3 is 6.09 Å². The molecule has 5 nitrogen and oxygen atoms in total. The summed E-state index contributed by atoms with van der Waals surface area (Å²) >= 11 is 0. The number of amides is 1. The lowest BCUT2D eigenvalue weighted by Gasteiger charge is -2.19. The fourth-order valence-corrected chi connectivity index (χ4v) is 1.91. The first kappa shape index (κ1) is 14.4. The SMILES string of the molecule is CN(C)CCCOC(=O)N1C=CCOc2ccccc21. The molecule has 0 aromatic heterocycles. The molecule has 0 saturated carbocycles. The molecule has 1 aliphatic heterocycles. The number of nitrogens with zero attached hydrogens (tertiary/aromatic N) is 2. The minimum atomic E-state index is -0.377. The molecular formula is C15H20N2O3. The summed E-state index contributed by atoms with van der Waals surface area (Å²) in [6, 6.07) is 7.43. The van der Waals surface area contributed by atoms with Gasteiger partial charge in [-0.05, 0) is 38.7 Å². The third kappa shape index (κ3) is 3.74. The van der Waals surface area contributed by atoms with Crippen molar-refractivity contribution in [3.8, 4) is 5.75 Å². The first-order chi connectivity index (χ1) is 9.68. The molecule has 20 heavy (non-hydrogen) atoms. The molecule has 0 fully saturated rings. The summed E-state index contributed by atoms with van der Waals surface area (Å²) in [5.74, 6) is 0.683. The number of carbonyl (C=O) groups is 1. The maximum atomic E-state index is 12.1. The summed E-state index contributed by atoms with van der Waals surface area (Å²) in [6.07, 6.45) is 3.92. The second kappa shape index (κ2) is 6.96. The molecule has 0 aliphatic carbocycles. The first-order valence-corrected chi connectivity index (χ1v) is 6.67. The molecule has 108 valence electrons. The number of fused-ring (bicyclic) bond motifs is 1. The Bertz CT molecular complexity index is 486. The molecule has 0 bridgehead atoms.